The number of aryl methyl sites for hydroxylation is 1. The SMILES string of the molecule is CCCNCc1cccn1Cc1ncnn1C. The topological polar surface area (TPSA) is 47.7 Å². The van der Waals surface area contributed by atoms with Crippen molar-refractivity contribution in [2.75, 3.05) is 6.54 Å². The van der Waals surface area contributed by atoms with E-state index in [2.05, 4.69) is 45.2 Å². The normalized spacial score (nSPS) is 10.9. The predicted molar refractivity (Wildman–Crippen MR) is 66.5 cm³/mol. The molecule has 2 aromatic heterocycles. The van der Waals surface area contributed by atoms with Crippen LogP contribution in [0.4, 0.5) is 0 Å². The van der Waals surface area contributed by atoms with Gasteiger partial charge < -0.3 is 9.88 Å². The molecule has 0 aliphatic rings. The summed E-state index contributed by atoms with van der Waals surface area (Å²) in [6.07, 6.45) is 4.83. The molecule has 0 spiro atoms. The van der Waals surface area contributed by atoms with Crippen LogP contribution >= 0.6 is 0 Å². The van der Waals surface area contributed by atoms with E-state index in [1.807, 2.05) is 11.7 Å². The number of rotatable bonds is 6. The number of nitrogens with zero attached hydrogens (tertiary/aromatic N) is 4. The van der Waals surface area contributed by atoms with Crippen molar-refractivity contribution in [3.05, 3.63) is 36.2 Å². The Morgan fingerprint density at radius 3 is 3.00 bits per heavy atom. The second kappa shape index (κ2) is 5.63. The summed E-state index contributed by atoms with van der Waals surface area (Å²) in [6.45, 7) is 4.89. The van der Waals surface area contributed by atoms with Gasteiger partial charge in [0.2, 0.25) is 0 Å². The molecular weight excluding hydrogens is 214 g/mol. The summed E-state index contributed by atoms with van der Waals surface area (Å²) in [5.41, 5.74) is 1.28. The molecule has 2 rings (SSSR count). The summed E-state index contributed by atoms with van der Waals surface area (Å²) in [4.78, 5) is 4.24. The summed E-state index contributed by atoms with van der Waals surface area (Å²) < 4.78 is 4.01. The Morgan fingerprint density at radius 1 is 1.41 bits per heavy atom. The van der Waals surface area contributed by atoms with Crippen LogP contribution in [0.1, 0.15) is 24.9 Å². The van der Waals surface area contributed by atoms with Crippen molar-refractivity contribution in [2.24, 2.45) is 7.05 Å². The Kier molecular flexibility index (Phi) is 3.93. The molecule has 0 aliphatic carbocycles. The van der Waals surface area contributed by atoms with E-state index >= 15 is 0 Å². The quantitative estimate of drug-likeness (QED) is 0.762. The maximum Gasteiger partial charge on any atom is 0.146 e. The van der Waals surface area contributed by atoms with Crippen molar-refractivity contribution in [2.45, 2.75) is 26.4 Å². The highest BCUT2D eigenvalue weighted by Crippen LogP contribution is 2.05. The van der Waals surface area contributed by atoms with E-state index in [1.165, 1.54) is 5.69 Å². The highest BCUT2D eigenvalue weighted by molar-refractivity contribution is 5.08. The van der Waals surface area contributed by atoms with Crippen LogP contribution in [0.15, 0.2) is 24.7 Å². The van der Waals surface area contributed by atoms with Crippen molar-refractivity contribution < 1.29 is 0 Å². The zero-order chi connectivity index (χ0) is 12.1. The molecule has 0 radical (unpaired) electrons. The molecule has 92 valence electrons. The van der Waals surface area contributed by atoms with Gasteiger partial charge in [0, 0.05) is 25.5 Å². The lowest BCUT2D eigenvalue weighted by Gasteiger charge is -2.09. The number of hydrogen-bond acceptors (Lipinski definition) is 3. The molecule has 0 aromatic carbocycles. The molecule has 17 heavy (non-hydrogen) atoms. The highest BCUT2D eigenvalue weighted by atomic mass is 15.3. The van der Waals surface area contributed by atoms with Crippen LogP contribution in [0.5, 0.6) is 0 Å². The zero-order valence-electron chi connectivity index (χ0n) is 10.4. The first-order chi connectivity index (χ1) is 8.31. The third-order valence-electron chi connectivity index (χ3n) is 2.77. The monoisotopic (exact) mass is 233 g/mol. The predicted octanol–water partition coefficient (Wildman–Crippen LogP) is 1.16. The molecule has 0 atom stereocenters. The maximum atomic E-state index is 4.24. The van der Waals surface area contributed by atoms with Crippen LogP contribution in [0.2, 0.25) is 0 Å². The standard InChI is InChI=1S/C12H19N5/c1-3-6-13-8-11-5-4-7-17(11)9-12-14-10-15-16(12)2/h4-5,7,10,13H,3,6,8-9H2,1-2H3. The number of hydrogen-bond donors (Lipinski definition) is 1. The van der Waals surface area contributed by atoms with Crippen LogP contribution in [-0.4, -0.2) is 25.9 Å². The van der Waals surface area contributed by atoms with Crippen LogP contribution in [0, 0.1) is 0 Å². The molecule has 0 bridgehead atoms. The Bertz CT molecular complexity index is 457. The fraction of sp³-hybridized carbons (Fsp3) is 0.500. The van der Waals surface area contributed by atoms with E-state index in [1.54, 1.807) is 6.33 Å². The number of nitrogens with one attached hydrogen (secondary N) is 1. The van der Waals surface area contributed by atoms with Gasteiger partial charge in [-0.2, -0.15) is 5.10 Å². The van der Waals surface area contributed by atoms with Crippen LogP contribution in [0.3, 0.4) is 0 Å². The third-order valence-corrected chi connectivity index (χ3v) is 2.77. The van der Waals surface area contributed by atoms with Crippen LogP contribution in [-0.2, 0) is 20.1 Å². The van der Waals surface area contributed by atoms with Gasteiger partial charge in [0.15, 0.2) is 0 Å². The van der Waals surface area contributed by atoms with E-state index in [0.717, 1.165) is 31.9 Å². The molecule has 0 amide bonds. The Morgan fingerprint density at radius 2 is 2.29 bits per heavy atom. The lowest BCUT2D eigenvalue weighted by molar-refractivity contribution is 0.603. The fourth-order valence-electron chi connectivity index (χ4n) is 1.77. The molecule has 0 saturated heterocycles. The fourth-order valence-corrected chi connectivity index (χ4v) is 1.77. The molecule has 2 aromatic rings. The van der Waals surface area contributed by atoms with Crippen LogP contribution in [0.25, 0.3) is 0 Å². The zero-order valence-corrected chi connectivity index (χ0v) is 10.4. The third kappa shape index (κ3) is 2.94. The van der Waals surface area contributed by atoms with Gasteiger partial charge in [0.1, 0.15) is 12.2 Å². The first kappa shape index (κ1) is 11.9. The molecule has 0 saturated carbocycles. The first-order valence-corrected chi connectivity index (χ1v) is 5.99. The highest BCUT2D eigenvalue weighted by Gasteiger charge is 2.05. The van der Waals surface area contributed by atoms with Crippen molar-refractivity contribution >= 4 is 0 Å². The molecule has 0 unspecified atom stereocenters. The van der Waals surface area contributed by atoms with Gasteiger partial charge in [0.05, 0.1) is 6.54 Å². The van der Waals surface area contributed by atoms with E-state index in [0.29, 0.717) is 0 Å². The van der Waals surface area contributed by atoms with Gasteiger partial charge in [-0.15, -0.1) is 0 Å². The average Bonchev–Trinajstić information content (AvgIpc) is 2.91. The second-order valence-electron chi connectivity index (χ2n) is 4.10. The van der Waals surface area contributed by atoms with Crippen molar-refractivity contribution in [1.29, 1.82) is 0 Å². The van der Waals surface area contributed by atoms with Gasteiger partial charge >= 0.3 is 0 Å². The summed E-state index contributed by atoms with van der Waals surface area (Å²) in [6, 6.07) is 4.21. The molecule has 0 fully saturated rings. The van der Waals surface area contributed by atoms with E-state index in [4.69, 9.17) is 0 Å². The van der Waals surface area contributed by atoms with Gasteiger partial charge in [-0.25, -0.2) is 4.98 Å². The van der Waals surface area contributed by atoms with Gasteiger partial charge in [0.25, 0.3) is 0 Å². The van der Waals surface area contributed by atoms with E-state index in [-0.39, 0.29) is 0 Å². The first-order valence-electron chi connectivity index (χ1n) is 5.99. The van der Waals surface area contributed by atoms with Gasteiger partial charge in [-0.3, -0.25) is 4.68 Å². The maximum absolute atomic E-state index is 4.24. The largest absolute Gasteiger partial charge is 0.343 e. The summed E-state index contributed by atoms with van der Waals surface area (Å²) in [7, 11) is 1.92. The van der Waals surface area contributed by atoms with Gasteiger partial charge in [-0.1, -0.05) is 6.92 Å². The molecular formula is C12H19N5. The molecule has 2 heterocycles. The second-order valence-corrected chi connectivity index (χ2v) is 4.10. The van der Waals surface area contributed by atoms with Gasteiger partial charge in [-0.05, 0) is 25.1 Å². The van der Waals surface area contributed by atoms with E-state index in [9.17, 15) is 0 Å². The minimum Gasteiger partial charge on any atom is -0.343 e. The van der Waals surface area contributed by atoms with Crippen LogP contribution < -0.4 is 5.32 Å². The minimum atomic E-state index is 0.770. The summed E-state index contributed by atoms with van der Waals surface area (Å²) in [5.74, 6) is 0.970. The lowest BCUT2D eigenvalue weighted by Crippen LogP contribution is -2.17. The Balaban J connectivity index is 2.01. The summed E-state index contributed by atoms with van der Waals surface area (Å²) in [5, 5.41) is 7.49. The Labute approximate surface area is 101 Å². The Hall–Kier alpha value is -1.62. The number of aromatic nitrogens is 4. The van der Waals surface area contributed by atoms with Crippen molar-refractivity contribution in [3.8, 4) is 0 Å². The molecule has 5 nitrogen and oxygen atoms in total. The average molecular weight is 233 g/mol. The smallest absolute Gasteiger partial charge is 0.146 e. The lowest BCUT2D eigenvalue weighted by atomic mass is 10.4. The summed E-state index contributed by atoms with van der Waals surface area (Å²) >= 11 is 0. The molecule has 1 N–H and O–H groups in total. The minimum absolute atomic E-state index is 0.770. The van der Waals surface area contributed by atoms with E-state index < -0.39 is 0 Å². The molecule has 0 aliphatic heterocycles. The van der Waals surface area contributed by atoms with Crippen molar-refractivity contribution in [3.63, 3.8) is 0 Å². The van der Waals surface area contributed by atoms with Crippen molar-refractivity contribution in [1.82, 2.24) is 24.6 Å². The molecule has 5 heteroatoms.